The molecule has 0 aromatic carbocycles. The molecule has 0 saturated carbocycles. The van der Waals surface area contributed by atoms with E-state index >= 15 is 0 Å². The van der Waals surface area contributed by atoms with E-state index in [1.54, 1.807) is 11.8 Å². The first-order chi connectivity index (χ1) is 9.74. The molecule has 0 aliphatic heterocycles. The van der Waals surface area contributed by atoms with Crippen LogP contribution in [0.2, 0.25) is 0 Å². The minimum atomic E-state index is 0.635. The number of hydrogen-bond acceptors (Lipinski definition) is 6. The smallest absolute Gasteiger partial charge is 0.204 e. The summed E-state index contributed by atoms with van der Waals surface area (Å²) < 4.78 is 7.16. The molecule has 0 radical (unpaired) electrons. The van der Waals surface area contributed by atoms with Gasteiger partial charge in [0.05, 0.1) is 12.8 Å². The molecule has 2 rings (SSSR count). The lowest BCUT2D eigenvalue weighted by Gasteiger charge is -2.13. The summed E-state index contributed by atoms with van der Waals surface area (Å²) in [5.41, 5.74) is 1.04. The number of hydrogen-bond donors (Lipinski definition) is 2. The normalized spacial score (nSPS) is 10.3. The number of aromatic nitrogens is 4. The fraction of sp³-hybridized carbons (Fsp3) is 0.462. The zero-order chi connectivity index (χ0) is 14.4. The van der Waals surface area contributed by atoms with Gasteiger partial charge >= 0.3 is 0 Å². The van der Waals surface area contributed by atoms with Gasteiger partial charge in [-0.1, -0.05) is 0 Å². The molecule has 0 spiro atoms. The lowest BCUT2D eigenvalue weighted by atomic mass is 10.3. The number of rotatable bonds is 7. The molecule has 2 N–H and O–H groups in total. The second-order valence-electron chi connectivity index (χ2n) is 4.29. The van der Waals surface area contributed by atoms with Gasteiger partial charge in [-0.3, -0.25) is 4.68 Å². The van der Waals surface area contributed by atoms with Crippen LogP contribution in [0.3, 0.4) is 0 Å². The van der Waals surface area contributed by atoms with Crippen LogP contribution in [0.15, 0.2) is 18.6 Å². The molecule has 20 heavy (non-hydrogen) atoms. The Kier molecular flexibility index (Phi) is 4.75. The Hall–Kier alpha value is -2.31. The van der Waals surface area contributed by atoms with E-state index in [1.165, 1.54) is 6.33 Å². The molecule has 0 saturated heterocycles. The Morgan fingerprint density at radius 1 is 1.25 bits per heavy atom. The first-order valence-electron chi connectivity index (χ1n) is 6.59. The topological polar surface area (TPSA) is 76.9 Å². The summed E-state index contributed by atoms with van der Waals surface area (Å²) in [6.45, 7) is 3.52. The van der Waals surface area contributed by atoms with Crippen molar-refractivity contribution in [2.45, 2.75) is 13.3 Å². The maximum absolute atomic E-state index is 5.37. The molecular formula is C13H20N6O. The summed E-state index contributed by atoms with van der Waals surface area (Å²) in [7, 11) is 3.52. The third kappa shape index (κ3) is 3.37. The molecule has 7 nitrogen and oxygen atoms in total. The molecular weight excluding hydrogens is 256 g/mol. The van der Waals surface area contributed by atoms with Crippen molar-refractivity contribution < 1.29 is 4.74 Å². The van der Waals surface area contributed by atoms with Crippen LogP contribution in [0.1, 0.15) is 12.6 Å². The van der Waals surface area contributed by atoms with Crippen LogP contribution in [0.5, 0.6) is 5.75 Å². The highest BCUT2D eigenvalue weighted by Gasteiger charge is 2.11. The highest BCUT2D eigenvalue weighted by Crippen LogP contribution is 2.28. The Balaban J connectivity index is 1.99. The van der Waals surface area contributed by atoms with Crippen molar-refractivity contribution in [3.63, 3.8) is 0 Å². The molecule has 0 fully saturated rings. The number of ether oxygens (including phenoxy) is 1. The largest absolute Gasteiger partial charge is 0.490 e. The van der Waals surface area contributed by atoms with Crippen LogP contribution in [-0.2, 0) is 13.5 Å². The van der Waals surface area contributed by atoms with Crippen LogP contribution in [-0.4, -0.2) is 39.9 Å². The first-order valence-corrected chi connectivity index (χ1v) is 6.59. The van der Waals surface area contributed by atoms with Crippen LogP contribution in [0, 0.1) is 0 Å². The van der Waals surface area contributed by atoms with Crippen molar-refractivity contribution in [1.29, 1.82) is 0 Å². The van der Waals surface area contributed by atoms with Gasteiger partial charge in [-0.15, -0.1) is 0 Å². The Labute approximate surface area is 118 Å². The monoisotopic (exact) mass is 276 g/mol. The number of nitrogens with zero attached hydrogens (tertiary/aromatic N) is 4. The highest BCUT2D eigenvalue weighted by molar-refractivity contribution is 5.63. The van der Waals surface area contributed by atoms with Gasteiger partial charge in [0.1, 0.15) is 6.33 Å². The summed E-state index contributed by atoms with van der Waals surface area (Å²) in [6, 6.07) is 2.00. The van der Waals surface area contributed by atoms with E-state index in [0.29, 0.717) is 17.4 Å². The third-order valence-electron chi connectivity index (χ3n) is 2.79. The van der Waals surface area contributed by atoms with E-state index in [2.05, 4.69) is 25.7 Å². The Bertz CT molecular complexity index is 554. The number of aryl methyl sites for hydroxylation is 1. The fourth-order valence-corrected chi connectivity index (χ4v) is 1.89. The average molecular weight is 276 g/mol. The molecule has 108 valence electrons. The molecule has 0 atom stereocenters. The van der Waals surface area contributed by atoms with E-state index in [-0.39, 0.29) is 0 Å². The Morgan fingerprint density at radius 2 is 2.00 bits per heavy atom. The van der Waals surface area contributed by atoms with Crippen molar-refractivity contribution >= 4 is 11.6 Å². The molecule has 0 aliphatic rings. The first kappa shape index (κ1) is 14.1. The van der Waals surface area contributed by atoms with Crippen LogP contribution in [0.4, 0.5) is 11.6 Å². The van der Waals surface area contributed by atoms with Gasteiger partial charge < -0.3 is 15.4 Å². The summed E-state index contributed by atoms with van der Waals surface area (Å²) >= 11 is 0. The lowest BCUT2D eigenvalue weighted by Crippen LogP contribution is -2.10. The molecule has 2 aromatic rings. The molecule has 2 aromatic heterocycles. The number of anilines is 2. The highest BCUT2D eigenvalue weighted by atomic mass is 16.5. The van der Waals surface area contributed by atoms with Gasteiger partial charge in [-0.2, -0.15) is 5.10 Å². The second-order valence-corrected chi connectivity index (χ2v) is 4.29. The summed E-state index contributed by atoms with van der Waals surface area (Å²) in [5, 5.41) is 10.7. The summed E-state index contributed by atoms with van der Waals surface area (Å²) in [5.74, 6) is 2.02. The molecule has 2 heterocycles. The van der Waals surface area contributed by atoms with Crippen molar-refractivity contribution in [3.8, 4) is 5.75 Å². The fourth-order valence-electron chi connectivity index (χ4n) is 1.89. The van der Waals surface area contributed by atoms with Gasteiger partial charge in [0.15, 0.2) is 11.6 Å². The summed E-state index contributed by atoms with van der Waals surface area (Å²) in [6.07, 6.45) is 4.28. The molecule has 0 amide bonds. The molecule has 7 heteroatoms. The quantitative estimate of drug-likeness (QED) is 0.794. The molecule has 0 bridgehead atoms. The van der Waals surface area contributed by atoms with E-state index in [1.807, 2.05) is 26.2 Å². The predicted octanol–water partition coefficient (Wildman–Crippen LogP) is 1.31. The lowest BCUT2D eigenvalue weighted by molar-refractivity contribution is 0.414. The number of nitrogens with one attached hydrogen (secondary N) is 2. The molecule has 0 aliphatic carbocycles. The third-order valence-corrected chi connectivity index (χ3v) is 2.79. The minimum Gasteiger partial charge on any atom is -0.490 e. The maximum Gasteiger partial charge on any atom is 0.204 e. The van der Waals surface area contributed by atoms with Crippen molar-refractivity contribution in [3.05, 3.63) is 24.3 Å². The van der Waals surface area contributed by atoms with Crippen molar-refractivity contribution in [2.75, 3.05) is 30.8 Å². The van der Waals surface area contributed by atoms with E-state index < -0.39 is 0 Å². The van der Waals surface area contributed by atoms with Crippen LogP contribution in [0.25, 0.3) is 0 Å². The van der Waals surface area contributed by atoms with Gasteiger partial charge in [0.2, 0.25) is 5.75 Å². The van der Waals surface area contributed by atoms with Gasteiger partial charge in [-0.25, -0.2) is 9.97 Å². The van der Waals surface area contributed by atoms with Gasteiger partial charge in [0.25, 0.3) is 0 Å². The van der Waals surface area contributed by atoms with E-state index in [0.717, 1.165) is 25.2 Å². The zero-order valence-electron chi connectivity index (χ0n) is 12.1. The van der Waals surface area contributed by atoms with E-state index in [9.17, 15) is 0 Å². The van der Waals surface area contributed by atoms with Gasteiger partial charge in [-0.05, 0) is 13.0 Å². The molecule has 0 unspecified atom stereocenters. The second kappa shape index (κ2) is 6.74. The van der Waals surface area contributed by atoms with Crippen molar-refractivity contribution in [2.24, 2.45) is 7.05 Å². The van der Waals surface area contributed by atoms with E-state index in [4.69, 9.17) is 4.74 Å². The van der Waals surface area contributed by atoms with Crippen LogP contribution < -0.4 is 15.4 Å². The standard InChI is InChI=1S/C13H20N6O/c1-4-14-12-11(20-3)13(17-9-16-12)15-7-5-10-6-8-19(2)18-10/h6,8-9H,4-5,7H2,1-3H3,(H2,14,15,16,17). The zero-order valence-corrected chi connectivity index (χ0v) is 12.1. The predicted molar refractivity (Wildman–Crippen MR) is 78.1 cm³/mol. The number of methoxy groups -OCH3 is 1. The van der Waals surface area contributed by atoms with Gasteiger partial charge in [0, 0.05) is 32.8 Å². The average Bonchev–Trinajstić information content (AvgIpc) is 2.85. The minimum absolute atomic E-state index is 0.635. The summed E-state index contributed by atoms with van der Waals surface area (Å²) in [4.78, 5) is 8.38. The SMILES string of the molecule is CCNc1ncnc(NCCc2ccn(C)n2)c1OC. The van der Waals surface area contributed by atoms with Crippen molar-refractivity contribution in [1.82, 2.24) is 19.7 Å². The maximum atomic E-state index is 5.37. The Morgan fingerprint density at radius 3 is 2.60 bits per heavy atom. The van der Waals surface area contributed by atoms with Crippen LogP contribution >= 0.6 is 0 Å².